The van der Waals surface area contributed by atoms with Gasteiger partial charge < -0.3 is 34.8 Å². The molecule has 0 unspecified atom stereocenters. The van der Waals surface area contributed by atoms with E-state index in [9.17, 15) is 20.0 Å². The van der Waals surface area contributed by atoms with Gasteiger partial charge in [0.25, 0.3) is 11.6 Å². The number of non-ortho nitro benzene ring substituents is 1. The van der Waals surface area contributed by atoms with Crippen molar-refractivity contribution in [3.05, 3.63) is 155 Å². The van der Waals surface area contributed by atoms with Crippen LogP contribution in [-0.4, -0.2) is 79.1 Å². The molecule has 1 amide bonds. The summed E-state index contributed by atoms with van der Waals surface area (Å²) in [6, 6.07) is 44.0. The predicted molar refractivity (Wildman–Crippen MR) is 237 cm³/mol. The fourth-order valence-corrected chi connectivity index (χ4v) is 12.4. The molecule has 12 heteroatoms. The molecule has 1 aliphatic rings. The first-order valence-corrected chi connectivity index (χ1v) is 22.2. The van der Waals surface area contributed by atoms with Gasteiger partial charge in [-0.2, -0.15) is 0 Å². The molecule has 6 aromatic rings. The van der Waals surface area contributed by atoms with Crippen LogP contribution >= 0.6 is 0 Å². The van der Waals surface area contributed by atoms with E-state index in [1.54, 1.807) is 23.1 Å². The Morgan fingerprint density at radius 1 is 0.881 bits per heavy atom. The van der Waals surface area contributed by atoms with Crippen molar-refractivity contribution in [1.82, 2.24) is 15.2 Å². The summed E-state index contributed by atoms with van der Waals surface area (Å²) in [6.45, 7) is 9.27. The minimum absolute atomic E-state index is 0.0375. The number of nitrogens with one attached hydrogen (secondary N) is 3. The molecule has 1 saturated heterocycles. The maximum absolute atomic E-state index is 13.2. The summed E-state index contributed by atoms with van der Waals surface area (Å²) >= 11 is 0. The third kappa shape index (κ3) is 9.68. The lowest BCUT2D eigenvalue weighted by molar-refractivity contribution is -0.383. The number of hydrogen-bond acceptors (Lipinski definition) is 8. The zero-order chi connectivity index (χ0) is 41.4. The van der Waals surface area contributed by atoms with Gasteiger partial charge in [0.05, 0.1) is 4.92 Å². The lowest BCUT2D eigenvalue weighted by Crippen LogP contribution is -2.68. The average molecular weight is 812 g/mol. The molecule has 1 atom stereocenters. The topological polar surface area (TPSA) is 142 Å². The Morgan fingerprint density at radius 2 is 1.51 bits per heavy atom. The van der Waals surface area contributed by atoms with E-state index in [1.807, 2.05) is 36.4 Å². The molecule has 7 rings (SSSR count). The molecule has 59 heavy (non-hydrogen) atoms. The number of aliphatic hydroxyl groups is 1. The quantitative estimate of drug-likeness (QED) is 0.0346. The van der Waals surface area contributed by atoms with Crippen LogP contribution in [0.3, 0.4) is 0 Å². The molecule has 1 aromatic heterocycles. The first kappa shape index (κ1) is 41.2. The number of H-pyrrole nitrogens is 1. The van der Waals surface area contributed by atoms with Gasteiger partial charge in [-0.3, -0.25) is 14.9 Å². The molecule has 1 aliphatic heterocycles. The van der Waals surface area contributed by atoms with E-state index in [4.69, 9.17) is 9.16 Å². The normalized spacial score (nSPS) is 14.2. The molecule has 4 N–H and O–H groups in total. The summed E-state index contributed by atoms with van der Waals surface area (Å²) in [5, 5.41) is 31.9. The van der Waals surface area contributed by atoms with Crippen molar-refractivity contribution in [3.63, 3.8) is 0 Å². The molecule has 306 valence electrons. The van der Waals surface area contributed by atoms with Crippen molar-refractivity contribution in [2.45, 2.75) is 57.2 Å². The zero-order valence-electron chi connectivity index (χ0n) is 33.9. The minimum atomic E-state index is -2.74. The summed E-state index contributed by atoms with van der Waals surface area (Å²) in [5.74, 6) is 1.32. The van der Waals surface area contributed by atoms with Gasteiger partial charge in [0, 0.05) is 42.8 Å². The Balaban J connectivity index is 0.824. The molecule has 0 saturated carbocycles. The molecule has 0 radical (unpaired) electrons. The minimum Gasteiger partial charge on any atom is -0.534 e. The summed E-state index contributed by atoms with van der Waals surface area (Å²) < 4.78 is 13.1. The Hall–Kier alpha value is -5.95. The van der Waals surface area contributed by atoms with Crippen LogP contribution in [0.15, 0.2) is 133 Å². The van der Waals surface area contributed by atoms with Crippen LogP contribution in [0.4, 0.5) is 11.4 Å². The smallest absolute Gasteiger partial charge is 0.319 e. The van der Waals surface area contributed by atoms with Gasteiger partial charge in [-0.15, -0.1) is 0 Å². The van der Waals surface area contributed by atoms with E-state index < -0.39 is 19.3 Å². The van der Waals surface area contributed by atoms with E-state index in [0.29, 0.717) is 48.5 Å². The van der Waals surface area contributed by atoms with Gasteiger partial charge in [0.15, 0.2) is 0 Å². The SMILES string of the molecule is CC(C)(C)[Si](Oc1ccc(OC[C@@H](O)CNCCc2ccc(NC3CCN(C(=O)c4cc5cccc([N+](=O)[O-])c5[nH]4)CC3)cc2)cc1)(c1ccccc1)c1ccccc1. The van der Waals surface area contributed by atoms with Gasteiger partial charge in [-0.25, -0.2) is 0 Å². The molecular weight excluding hydrogens is 759 g/mol. The number of aromatic amines is 1. The molecule has 1 fully saturated rings. The summed E-state index contributed by atoms with van der Waals surface area (Å²) in [7, 11) is -2.74. The van der Waals surface area contributed by atoms with Crippen molar-refractivity contribution in [1.29, 1.82) is 0 Å². The lowest BCUT2D eigenvalue weighted by atomic mass is 10.0. The van der Waals surface area contributed by atoms with E-state index in [0.717, 1.165) is 30.7 Å². The van der Waals surface area contributed by atoms with Gasteiger partial charge in [-0.1, -0.05) is 106 Å². The number of fused-ring (bicyclic) bond motifs is 1. The highest BCUT2D eigenvalue weighted by molar-refractivity contribution is 7.00. The zero-order valence-corrected chi connectivity index (χ0v) is 34.9. The van der Waals surface area contributed by atoms with Crippen LogP contribution in [0.25, 0.3) is 10.9 Å². The molecule has 0 spiro atoms. The van der Waals surface area contributed by atoms with Gasteiger partial charge >= 0.3 is 8.32 Å². The third-order valence-corrected chi connectivity index (χ3v) is 16.0. The Morgan fingerprint density at radius 3 is 2.12 bits per heavy atom. The van der Waals surface area contributed by atoms with Gasteiger partial charge in [-0.05, 0) is 89.2 Å². The van der Waals surface area contributed by atoms with E-state index >= 15 is 0 Å². The number of carbonyl (C=O) groups is 1. The summed E-state index contributed by atoms with van der Waals surface area (Å²) in [5.41, 5.74) is 2.92. The number of anilines is 1. The second kappa shape index (κ2) is 18.3. The lowest BCUT2D eigenvalue weighted by Gasteiger charge is -2.43. The van der Waals surface area contributed by atoms with Crippen molar-refractivity contribution < 1.29 is 24.0 Å². The van der Waals surface area contributed by atoms with E-state index in [-0.39, 0.29) is 29.3 Å². The second-order valence-corrected chi connectivity index (χ2v) is 20.5. The maximum atomic E-state index is 13.2. The molecule has 0 bridgehead atoms. The largest absolute Gasteiger partial charge is 0.534 e. The number of carbonyl (C=O) groups excluding carboxylic acids is 1. The van der Waals surface area contributed by atoms with Crippen LogP contribution < -0.4 is 30.2 Å². The molecule has 2 heterocycles. The maximum Gasteiger partial charge on any atom is 0.319 e. The number of benzene rings is 5. The number of aromatic nitrogens is 1. The van der Waals surface area contributed by atoms with Crippen molar-refractivity contribution >= 4 is 46.9 Å². The third-order valence-electron chi connectivity index (χ3n) is 11.1. The number of ether oxygens (including phenoxy) is 1. The van der Waals surface area contributed by atoms with Crippen molar-refractivity contribution in [3.8, 4) is 11.5 Å². The summed E-state index contributed by atoms with van der Waals surface area (Å²) in [4.78, 5) is 29.0. The number of para-hydroxylation sites is 1. The summed E-state index contributed by atoms with van der Waals surface area (Å²) in [6.07, 6.45) is 1.75. The van der Waals surface area contributed by atoms with Crippen LogP contribution in [-0.2, 0) is 6.42 Å². The first-order valence-electron chi connectivity index (χ1n) is 20.3. The Labute approximate surface area is 346 Å². The highest BCUT2D eigenvalue weighted by Gasteiger charge is 2.52. The predicted octanol–water partition coefficient (Wildman–Crippen LogP) is 7.30. The van der Waals surface area contributed by atoms with E-state index in [1.165, 1.54) is 22.0 Å². The monoisotopic (exact) mass is 811 g/mol. The Bertz CT molecular complexity index is 2270. The number of aliphatic hydroxyl groups excluding tert-OH is 1. The van der Waals surface area contributed by atoms with Gasteiger partial charge in [0.1, 0.15) is 35.4 Å². The first-order chi connectivity index (χ1) is 28.5. The number of amides is 1. The fourth-order valence-electron chi connectivity index (χ4n) is 7.99. The number of nitro benzene ring substituents is 1. The highest BCUT2D eigenvalue weighted by Crippen LogP contribution is 2.38. The van der Waals surface area contributed by atoms with E-state index in [2.05, 4.69) is 109 Å². The fraction of sp³-hybridized carbons (Fsp3) is 0.298. The van der Waals surface area contributed by atoms with Crippen LogP contribution in [0, 0.1) is 10.1 Å². The number of nitro groups is 1. The second-order valence-electron chi connectivity index (χ2n) is 16.2. The van der Waals surface area contributed by atoms with Crippen LogP contribution in [0.5, 0.6) is 11.5 Å². The van der Waals surface area contributed by atoms with Crippen LogP contribution in [0.2, 0.25) is 5.04 Å². The van der Waals surface area contributed by atoms with Crippen molar-refractivity contribution in [2.75, 3.05) is 38.1 Å². The number of hydrogen-bond donors (Lipinski definition) is 4. The standard InChI is InChI=1S/C47H53N5O6Si/c1-47(2,3)59(41-12-6-4-7-13-41,42-14-8-5-9-15-42)58-40-23-21-39(22-24-40)57-33-38(53)32-48-28-25-34-17-19-36(20-18-34)49-37-26-29-51(30-27-37)46(54)43-31-35-11-10-16-44(52(55)56)45(35)50-43/h4-24,31,37-38,48-50,53H,25-30,32-33H2,1-3H3/t38-/m0/s1. The number of likely N-dealkylation sites (tertiary alicyclic amines) is 1. The number of piperidine rings is 1. The number of rotatable bonds is 16. The van der Waals surface area contributed by atoms with Crippen molar-refractivity contribution in [2.24, 2.45) is 0 Å². The van der Waals surface area contributed by atoms with Crippen LogP contribution in [0.1, 0.15) is 49.7 Å². The Kier molecular flexibility index (Phi) is 12.8. The highest BCUT2D eigenvalue weighted by atomic mass is 28.4. The molecule has 0 aliphatic carbocycles. The molecule has 5 aromatic carbocycles. The number of nitrogens with zero attached hydrogens (tertiary/aromatic N) is 2. The average Bonchev–Trinajstić information content (AvgIpc) is 3.70. The molecular formula is C47H53N5O6Si. The van der Waals surface area contributed by atoms with Gasteiger partial charge in [0.2, 0.25) is 0 Å². The molecule has 11 nitrogen and oxygen atoms in total.